The van der Waals surface area contributed by atoms with Crippen molar-refractivity contribution in [2.24, 2.45) is 5.92 Å². The van der Waals surface area contributed by atoms with Crippen molar-refractivity contribution < 1.29 is 9.59 Å². The molecule has 0 aromatic heterocycles. The van der Waals surface area contributed by atoms with Crippen molar-refractivity contribution >= 4 is 11.6 Å². The first-order chi connectivity index (χ1) is 8.22. The van der Waals surface area contributed by atoms with E-state index in [1.54, 1.807) is 0 Å². The fraction of sp³-hybridized carbons (Fsp3) is 0.467. The van der Waals surface area contributed by atoms with E-state index in [1.807, 2.05) is 24.3 Å². The SMILES string of the molecule is CCc1ccccc1C(=O)C1CCCC(=O)C1. The second-order valence-corrected chi connectivity index (χ2v) is 4.71. The number of aryl methyl sites for hydroxylation is 1. The summed E-state index contributed by atoms with van der Waals surface area (Å²) < 4.78 is 0. The molecule has 0 amide bonds. The van der Waals surface area contributed by atoms with Crippen LogP contribution >= 0.6 is 0 Å². The summed E-state index contributed by atoms with van der Waals surface area (Å²) in [6.07, 6.45) is 3.69. The summed E-state index contributed by atoms with van der Waals surface area (Å²) in [4.78, 5) is 23.8. The van der Waals surface area contributed by atoms with Crippen LogP contribution < -0.4 is 0 Å². The van der Waals surface area contributed by atoms with Crippen LogP contribution in [0.5, 0.6) is 0 Å². The van der Waals surface area contributed by atoms with Gasteiger partial charge in [-0.15, -0.1) is 0 Å². The maximum Gasteiger partial charge on any atom is 0.166 e. The Morgan fingerprint density at radius 2 is 2.12 bits per heavy atom. The molecular weight excluding hydrogens is 212 g/mol. The first-order valence-corrected chi connectivity index (χ1v) is 6.36. The highest BCUT2D eigenvalue weighted by molar-refractivity contribution is 6.01. The molecule has 1 unspecified atom stereocenters. The van der Waals surface area contributed by atoms with Gasteiger partial charge in [0.25, 0.3) is 0 Å². The maximum absolute atomic E-state index is 12.4. The van der Waals surface area contributed by atoms with E-state index in [0.717, 1.165) is 30.4 Å². The third kappa shape index (κ3) is 2.63. The molecule has 90 valence electrons. The van der Waals surface area contributed by atoms with Crippen LogP contribution in [0, 0.1) is 5.92 Å². The van der Waals surface area contributed by atoms with Crippen LogP contribution in [-0.2, 0) is 11.2 Å². The van der Waals surface area contributed by atoms with E-state index in [2.05, 4.69) is 6.92 Å². The van der Waals surface area contributed by atoms with Gasteiger partial charge in [-0.25, -0.2) is 0 Å². The molecule has 1 saturated carbocycles. The van der Waals surface area contributed by atoms with Crippen LogP contribution in [0.25, 0.3) is 0 Å². The molecule has 0 bridgehead atoms. The molecule has 2 heteroatoms. The highest BCUT2D eigenvalue weighted by Gasteiger charge is 2.27. The number of ketones is 2. The summed E-state index contributed by atoms with van der Waals surface area (Å²) in [7, 11) is 0. The normalized spacial score (nSPS) is 20.3. The lowest BCUT2D eigenvalue weighted by molar-refractivity contribution is -0.121. The van der Waals surface area contributed by atoms with E-state index >= 15 is 0 Å². The third-order valence-corrected chi connectivity index (χ3v) is 3.52. The van der Waals surface area contributed by atoms with Crippen molar-refractivity contribution in [3.05, 3.63) is 35.4 Å². The Balaban J connectivity index is 2.21. The van der Waals surface area contributed by atoms with E-state index in [-0.39, 0.29) is 17.5 Å². The standard InChI is InChI=1S/C15H18O2/c1-2-11-6-3-4-9-14(11)15(17)12-7-5-8-13(16)10-12/h3-4,6,9,12H,2,5,7-8,10H2,1H3. The van der Waals surface area contributed by atoms with Crippen LogP contribution in [0.3, 0.4) is 0 Å². The van der Waals surface area contributed by atoms with Crippen molar-refractivity contribution in [1.29, 1.82) is 0 Å². The molecule has 1 aliphatic carbocycles. The Hall–Kier alpha value is -1.44. The second kappa shape index (κ2) is 5.26. The molecule has 0 spiro atoms. The first kappa shape index (κ1) is 12.0. The smallest absolute Gasteiger partial charge is 0.166 e. The Labute approximate surface area is 102 Å². The monoisotopic (exact) mass is 230 g/mol. The van der Waals surface area contributed by atoms with Crippen LogP contribution in [0.2, 0.25) is 0 Å². The average molecular weight is 230 g/mol. The van der Waals surface area contributed by atoms with E-state index in [1.165, 1.54) is 0 Å². The molecule has 0 saturated heterocycles. The molecule has 2 nitrogen and oxygen atoms in total. The lowest BCUT2D eigenvalue weighted by atomic mass is 9.82. The molecule has 1 fully saturated rings. The minimum atomic E-state index is -0.0797. The highest BCUT2D eigenvalue weighted by Crippen LogP contribution is 2.26. The van der Waals surface area contributed by atoms with E-state index in [0.29, 0.717) is 12.8 Å². The van der Waals surface area contributed by atoms with Gasteiger partial charge in [0.05, 0.1) is 0 Å². The number of hydrogen-bond acceptors (Lipinski definition) is 2. The Bertz CT molecular complexity index is 434. The molecule has 0 heterocycles. The Morgan fingerprint density at radius 1 is 1.35 bits per heavy atom. The number of Topliss-reactive ketones (excluding diaryl/α,β-unsaturated/α-hetero) is 2. The van der Waals surface area contributed by atoms with Gasteiger partial charge >= 0.3 is 0 Å². The van der Waals surface area contributed by atoms with Gasteiger partial charge in [-0.1, -0.05) is 31.2 Å². The van der Waals surface area contributed by atoms with Crippen molar-refractivity contribution in [3.63, 3.8) is 0 Å². The Kier molecular flexibility index (Phi) is 3.72. The van der Waals surface area contributed by atoms with E-state index in [4.69, 9.17) is 0 Å². The van der Waals surface area contributed by atoms with E-state index < -0.39 is 0 Å². The van der Waals surface area contributed by atoms with Crippen molar-refractivity contribution in [2.75, 3.05) is 0 Å². The van der Waals surface area contributed by atoms with Gasteiger partial charge in [0.2, 0.25) is 0 Å². The fourth-order valence-corrected chi connectivity index (χ4v) is 2.54. The summed E-state index contributed by atoms with van der Waals surface area (Å²) >= 11 is 0. The predicted molar refractivity (Wildman–Crippen MR) is 67.1 cm³/mol. The molecule has 1 aliphatic rings. The molecule has 0 radical (unpaired) electrons. The molecule has 1 aromatic carbocycles. The molecule has 0 aliphatic heterocycles. The van der Waals surface area contributed by atoms with Gasteiger partial charge in [-0.2, -0.15) is 0 Å². The van der Waals surface area contributed by atoms with Crippen LogP contribution in [0.4, 0.5) is 0 Å². The summed E-state index contributed by atoms with van der Waals surface area (Å²) in [5.41, 5.74) is 1.91. The average Bonchev–Trinajstić information content (AvgIpc) is 2.38. The number of rotatable bonds is 3. The van der Waals surface area contributed by atoms with Gasteiger partial charge in [0.15, 0.2) is 5.78 Å². The zero-order valence-corrected chi connectivity index (χ0v) is 10.2. The molecule has 0 N–H and O–H groups in total. The second-order valence-electron chi connectivity index (χ2n) is 4.71. The number of benzene rings is 1. The first-order valence-electron chi connectivity index (χ1n) is 6.36. The molecule has 1 atom stereocenters. The zero-order chi connectivity index (χ0) is 12.3. The molecule has 1 aromatic rings. The maximum atomic E-state index is 12.4. The van der Waals surface area contributed by atoms with Crippen LogP contribution in [0.15, 0.2) is 24.3 Å². The summed E-state index contributed by atoms with van der Waals surface area (Å²) in [6, 6.07) is 7.75. The van der Waals surface area contributed by atoms with E-state index in [9.17, 15) is 9.59 Å². The summed E-state index contributed by atoms with van der Waals surface area (Å²) in [6.45, 7) is 2.05. The van der Waals surface area contributed by atoms with Crippen molar-refractivity contribution in [1.82, 2.24) is 0 Å². The van der Waals surface area contributed by atoms with Gasteiger partial charge in [0.1, 0.15) is 5.78 Å². The largest absolute Gasteiger partial charge is 0.300 e. The fourth-order valence-electron chi connectivity index (χ4n) is 2.54. The number of carbonyl (C=O) groups excluding carboxylic acids is 2. The van der Waals surface area contributed by atoms with Crippen LogP contribution in [-0.4, -0.2) is 11.6 Å². The lowest BCUT2D eigenvalue weighted by Gasteiger charge is -2.20. The zero-order valence-electron chi connectivity index (χ0n) is 10.2. The quantitative estimate of drug-likeness (QED) is 0.747. The minimum Gasteiger partial charge on any atom is -0.300 e. The predicted octanol–water partition coefficient (Wildman–Crippen LogP) is 3.19. The van der Waals surface area contributed by atoms with Gasteiger partial charge in [0, 0.05) is 24.3 Å². The lowest BCUT2D eigenvalue weighted by Crippen LogP contribution is -2.23. The van der Waals surface area contributed by atoms with Gasteiger partial charge in [-0.05, 0) is 24.8 Å². The van der Waals surface area contributed by atoms with Crippen molar-refractivity contribution in [3.8, 4) is 0 Å². The molecule has 17 heavy (non-hydrogen) atoms. The van der Waals surface area contributed by atoms with Crippen LogP contribution in [0.1, 0.15) is 48.5 Å². The topological polar surface area (TPSA) is 34.1 Å². The summed E-state index contributed by atoms with van der Waals surface area (Å²) in [5.74, 6) is 0.322. The van der Waals surface area contributed by atoms with Gasteiger partial charge in [-0.3, -0.25) is 9.59 Å². The number of carbonyl (C=O) groups is 2. The van der Waals surface area contributed by atoms with Crippen molar-refractivity contribution in [2.45, 2.75) is 39.0 Å². The highest BCUT2D eigenvalue weighted by atomic mass is 16.1. The minimum absolute atomic E-state index is 0.0797. The third-order valence-electron chi connectivity index (χ3n) is 3.52. The molecular formula is C15H18O2. The molecule has 2 rings (SSSR count). The summed E-state index contributed by atoms with van der Waals surface area (Å²) in [5, 5.41) is 0. The Morgan fingerprint density at radius 3 is 2.82 bits per heavy atom. The number of hydrogen-bond donors (Lipinski definition) is 0. The van der Waals surface area contributed by atoms with Gasteiger partial charge < -0.3 is 0 Å².